The molecule has 4 heteroatoms. The van der Waals surface area contributed by atoms with Crippen molar-refractivity contribution in [3.05, 3.63) is 42.5 Å². The van der Waals surface area contributed by atoms with E-state index in [-0.39, 0.29) is 0 Å². The van der Waals surface area contributed by atoms with E-state index < -0.39 is 0 Å². The second kappa shape index (κ2) is 6.57. The second-order valence-corrected chi connectivity index (χ2v) is 5.41. The Kier molecular flexibility index (Phi) is 4.80. The van der Waals surface area contributed by atoms with Gasteiger partial charge in [0.25, 0.3) is 0 Å². The van der Waals surface area contributed by atoms with Crippen LogP contribution in [0.25, 0.3) is 11.4 Å². The van der Waals surface area contributed by atoms with Gasteiger partial charge >= 0.3 is 0 Å². The highest BCUT2D eigenvalue weighted by atomic mass is 32.2. The molecule has 2 aromatic rings. The Balaban J connectivity index is 2.39. The molecule has 0 aliphatic carbocycles. The van der Waals surface area contributed by atoms with Crippen LogP contribution in [0.3, 0.4) is 0 Å². The largest absolute Gasteiger partial charge is 0.302 e. The molecule has 0 saturated heterocycles. The van der Waals surface area contributed by atoms with Crippen LogP contribution < -0.4 is 0 Å². The number of benzene rings is 1. The summed E-state index contributed by atoms with van der Waals surface area (Å²) >= 11 is 1.68. The summed E-state index contributed by atoms with van der Waals surface area (Å²) in [7, 11) is 0. The van der Waals surface area contributed by atoms with Gasteiger partial charge in [-0.2, -0.15) is 0 Å². The average molecular weight is 273 g/mol. The molecule has 0 aliphatic rings. The predicted octanol–water partition coefficient (Wildman–Crippen LogP) is 3.94. The second-order valence-electron chi connectivity index (χ2n) is 4.43. The van der Waals surface area contributed by atoms with Crippen LogP contribution in [-0.4, -0.2) is 20.5 Å². The minimum absolute atomic E-state index is 0.857. The smallest absolute Gasteiger partial charge is 0.191 e. The zero-order valence-corrected chi connectivity index (χ0v) is 12.3. The summed E-state index contributed by atoms with van der Waals surface area (Å²) in [5.74, 6) is 1.81. The maximum Gasteiger partial charge on any atom is 0.191 e. The lowest BCUT2D eigenvalue weighted by Gasteiger charge is -2.08. The molecule has 1 heterocycles. The maximum atomic E-state index is 4.36. The van der Waals surface area contributed by atoms with Crippen LogP contribution in [0.2, 0.25) is 0 Å². The van der Waals surface area contributed by atoms with Gasteiger partial charge in [-0.1, -0.05) is 48.5 Å². The summed E-state index contributed by atoms with van der Waals surface area (Å²) in [6.45, 7) is 8.95. The van der Waals surface area contributed by atoms with Gasteiger partial charge in [0.2, 0.25) is 0 Å². The van der Waals surface area contributed by atoms with Crippen LogP contribution in [0.5, 0.6) is 0 Å². The molecule has 0 amide bonds. The standard InChI is InChI=1S/C15H19N3S/c1-4-9-18-14(13-8-6-7-12(3)11-13)16-17-15(18)19-10-5-2/h5-8,11H,2,4,9-10H2,1,3H3. The van der Waals surface area contributed by atoms with Crippen LogP contribution >= 0.6 is 11.8 Å². The minimum Gasteiger partial charge on any atom is -0.302 e. The van der Waals surface area contributed by atoms with Crippen molar-refractivity contribution in [3.8, 4) is 11.4 Å². The number of nitrogens with zero attached hydrogens (tertiary/aromatic N) is 3. The van der Waals surface area contributed by atoms with E-state index in [2.05, 4.69) is 59.5 Å². The first-order valence-electron chi connectivity index (χ1n) is 6.50. The molecule has 0 N–H and O–H groups in total. The number of thioether (sulfide) groups is 1. The normalized spacial score (nSPS) is 10.6. The fourth-order valence-corrected chi connectivity index (χ4v) is 2.65. The van der Waals surface area contributed by atoms with E-state index in [1.165, 1.54) is 5.56 Å². The molecule has 1 aromatic heterocycles. The third-order valence-corrected chi connectivity index (χ3v) is 3.73. The van der Waals surface area contributed by atoms with E-state index in [4.69, 9.17) is 0 Å². The maximum absolute atomic E-state index is 4.36. The summed E-state index contributed by atoms with van der Waals surface area (Å²) in [4.78, 5) is 0. The van der Waals surface area contributed by atoms with Crippen molar-refractivity contribution in [3.63, 3.8) is 0 Å². The van der Waals surface area contributed by atoms with Gasteiger partial charge in [-0.15, -0.1) is 16.8 Å². The van der Waals surface area contributed by atoms with Crippen molar-refractivity contribution in [2.24, 2.45) is 0 Å². The topological polar surface area (TPSA) is 30.7 Å². The fourth-order valence-electron chi connectivity index (χ4n) is 1.95. The summed E-state index contributed by atoms with van der Waals surface area (Å²) in [5.41, 5.74) is 2.37. The van der Waals surface area contributed by atoms with Gasteiger partial charge < -0.3 is 4.57 Å². The van der Waals surface area contributed by atoms with Gasteiger partial charge in [-0.3, -0.25) is 0 Å². The van der Waals surface area contributed by atoms with E-state index in [1.54, 1.807) is 11.8 Å². The molecule has 0 saturated carbocycles. The van der Waals surface area contributed by atoms with Gasteiger partial charge in [0.05, 0.1) is 0 Å². The van der Waals surface area contributed by atoms with Crippen molar-refractivity contribution in [1.82, 2.24) is 14.8 Å². The molecular weight excluding hydrogens is 254 g/mol. The van der Waals surface area contributed by atoms with Gasteiger partial charge in [0.1, 0.15) is 0 Å². The van der Waals surface area contributed by atoms with Gasteiger partial charge in [0, 0.05) is 17.9 Å². The monoisotopic (exact) mass is 273 g/mol. The lowest BCUT2D eigenvalue weighted by atomic mass is 10.1. The predicted molar refractivity (Wildman–Crippen MR) is 81.4 cm³/mol. The Bertz CT molecular complexity index is 560. The number of hydrogen-bond acceptors (Lipinski definition) is 3. The summed E-state index contributed by atoms with van der Waals surface area (Å²) < 4.78 is 2.20. The van der Waals surface area contributed by atoms with E-state index in [0.717, 1.165) is 35.3 Å². The molecule has 0 aliphatic heterocycles. The van der Waals surface area contributed by atoms with Crippen molar-refractivity contribution >= 4 is 11.8 Å². The van der Waals surface area contributed by atoms with Gasteiger partial charge in [0.15, 0.2) is 11.0 Å². The first-order valence-corrected chi connectivity index (χ1v) is 7.48. The first kappa shape index (κ1) is 13.9. The zero-order valence-electron chi connectivity index (χ0n) is 11.5. The lowest BCUT2D eigenvalue weighted by molar-refractivity contribution is 0.626. The Labute approximate surface area is 118 Å². The Morgan fingerprint density at radius 2 is 2.21 bits per heavy atom. The number of aromatic nitrogens is 3. The zero-order chi connectivity index (χ0) is 13.7. The molecule has 2 rings (SSSR count). The molecule has 0 unspecified atom stereocenters. The van der Waals surface area contributed by atoms with E-state index in [0.29, 0.717) is 0 Å². The summed E-state index contributed by atoms with van der Waals surface area (Å²) in [6.07, 6.45) is 2.96. The van der Waals surface area contributed by atoms with E-state index >= 15 is 0 Å². The molecule has 19 heavy (non-hydrogen) atoms. The molecular formula is C15H19N3S. The SMILES string of the molecule is C=CCSc1nnc(-c2cccc(C)c2)n1CCC. The van der Waals surface area contributed by atoms with E-state index in [1.807, 2.05) is 6.08 Å². The third-order valence-electron chi connectivity index (χ3n) is 2.77. The van der Waals surface area contributed by atoms with Gasteiger partial charge in [-0.05, 0) is 19.4 Å². The molecule has 100 valence electrons. The first-order chi connectivity index (χ1) is 9.26. The highest BCUT2D eigenvalue weighted by molar-refractivity contribution is 7.99. The highest BCUT2D eigenvalue weighted by Crippen LogP contribution is 2.24. The van der Waals surface area contributed by atoms with Crippen molar-refractivity contribution < 1.29 is 0 Å². The average Bonchev–Trinajstić information content (AvgIpc) is 2.80. The van der Waals surface area contributed by atoms with Crippen molar-refractivity contribution in [1.29, 1.82) is 0 Å². The number of hydrogen-bond donors (Lipinski definition) is 0. The molecule has 0 radical (unpaired) electrons. The molecule has 0 fully saturated rings. The lowest BCUT2D eigenvalue weighted by Crippen LogP contribution is -2.02. The van der Waals surface area contributed by atoms with Crippen LogP contribution in [0, 0.1) is 6.92 Å². The molecule has 3 nitrogen and oxygen atoms in total. The highest BCUT2D eigenvalue weighted by Gasteiger charge is 2.13. The molecule has 0 atom stereocenters. The molecule has 0 spiro atoms. The van der Waals surface area contributed by atoms with Gasteiger partial charge in [-0.25, -0.2) is 0 Å². The molecule has 0 bridgehead atoms. The molecule has 1 aromatic carbocycles. The summed E-state index contributed by atoms with van der Waals surface area (Å²) in [6, 6.07) is 8.40. The van der Waals surface area contributed by atoms with Crippen molar-refractivity contribution in [2.45, 2.75) is 32.0 Å². The van der Waals surface area contributed by atoms with Crippen LogP contribution in [-0.2, 0) is 6.54 Å². The Morgan fingerprint density at radius 1 is 1.37 bits per heavy atom. The quantitative estimate of drug-likeness (QED) is 0.590. The number of rotatable bonds is 6. The third kappa shape index (κ3) is 3.26. The van der Waals surface area contributed by atoms with Crippen LogP contribution in [0.15, 0.2) is 42.1 Å². The Morgan fingerprint density at radius 3 is 2.89 bits per heavy atom. The Hall–Kier alpha value is -1.55. The summed E-state index contributed by atoms with van der Waals surface area (Å²) in [5, 5.41) is 9.63. The van der Waals surface area contributed by atoms with Crippen LogP contribution in [0.4, 0.5) is 0 Å². The van der Waals surface area contributed by atoms with E-state index in [9.17, 15) is 0 Å². The van der Waals surface area contributed by atoms with Crippen molar-refractivity contribution in [2.75, 3.05) is 5.75 Å². The minimum atomic E-state index is 0.857. The van der Waals surface area contributed by atoms with Crippen LogP contribution in [0.1, 0.15) is 18.9 Å². The fraction of sp³-hybridized carbons (Fsp3) is 0.333. The number of aryl methyl sites for hydroxylation is 1.